The number of para-hydroxylation sites is 1. The highest BCUT2D eigenvalue weighted by Crippen LogP contribution is 2.33. The Labute approximate surface area is 190 Å². The molecule has 0 unspecified atom stereocenters. The van der Waals surface area contributed by atoms with E-state index in [2.05, 4.69) is 10.6 Å². The van der Waals surface area contributed by atoms with Gasteiger partial charge >= 0.3 is 6.18 Å². The largest absolute Gasteiger partial charge is 0.493 e. The van der Waals surface area contributed by atoms with Crippen LogP contribution in [0.15, 0.2) is 54.6 Å². The van der Waals surface area contributed by atoms with Crippen LogP contribution in [-0.2, 0) is 27.0 Å². The minimum Gasteiger partial charge on any atom is -0.493 e. The summed E-state index contributed by atoms with van der Waals surface area (Å²) in [5.74, 6) is -0.273. The molecular formula is C24H27F3N2O4. The molecule has 1 fully saturated rings. The fourth-order valence-corrected chi connectivity index (χ4v) is 3.97. The van der Waals surface area contributed by atoms with E-state index in [1.165, 1.54) is 19.2 Å². The van der Waals surface area contributed by atoms with Gasteiger partial charge in [-0.25, -0.2) is 0 Å². The number of amides is 2. The first kappa shape index (κ1) is 24.6. The van der Waals surface area contributed by atoms with Crippen molar-refractivity contribution in [1.29, 1.82) is 0 Å². The Morgan fingerprint density at radius 3 is 2.36 bits per heavy atom. The third kappa shape index (κ3) is 7.21. The van der Waals surface area contributed by atoms with E-state index in [0.29, 0.717) is 25.0 Å². The van der Waals surface area contributed by atoms with E-state index >= 15 is 0 Å². The molecular weight excluding hydrogens is 437 g/mol. The fourth-order valence-electron chi connectivity index (χ4n) is 3.97. The minimum atomic E-state index is -4.41. The maximum atomic E-state index is 12.9. The lowest BCUT2D eigenvalue weighted by atomic mass is 10.0. The molecule has 2 N–H and O–H groups in total. The maximum Gasteiger partial charge on any atom is 0.416 e. The Kier molecular flexibility index (Phi) is 8.32. The SMILES string of the molecule is COCC(=O)N[C@@H]1C[C@H](COc2ccccc2)C[C@H]1C(=O)NCc1ccc(C(F)(F)F)cc1. The lowest BCUT2D eigenvalue weighted by Gasteiger charge is -2.20. The number of hydrogen-bond acceptors (Lipinski definition) is 4. The normalized spacial score (nSPS) is 20.3. The van der Waals surface area contributed by atoms with Crippen LogP contribution in [0, 0.1) is 11.8 Å². The molecule has 178 valence electrons. The Morgan fingerprint density at radius 1 is 1.03 bits per heavy atom. The highest BCUT2D eigenvalue weighted by atomic mass is 19.4. The summed E-state index contributed by atoms with van der Waals surface area (Å²) in [7, 11) is 1.42. The summed E-state index contributed by atoms with van der Waals surface area (Å²) in [4.78, 5) is 25.0. The van der Waals surface area contributed by atoms with Gasteiger partial charge in [0.25, 0.3) is 0 Å². The van der Waals surface area contributed by atoms with Crippen molar-refractivity contribution in [3.05, 3.63) is 65.7 Å². The van der Waals surface area contributed by atoms with Crippen molar-refractivity contribution in [2.45, 2.75) is 31.6 Å². The number of ether oxygens (including phenoxy) is 2. The van der Waals surface area contributed by atoms with Crippen molar-refractivity contribution in [2.24, 2.45) is 11.8 Å². The topological polar surface area (TPSA) is 76.7 Å². The van der Waals surface area contributed by atoms with Crippen molar-refractivity contribution < 1.29 is 32.2 Å². The number of benzene rings is 2. The molecule has 6 nitrogen and oxygen atoms in total. The van der Waals surface area contributed by atoms with Crippen LogP contribution in [0.3, 0.4) is 0 Å². The molecule has 1 aliphatic carbocycles. The summed E-state index contributed by atoms with van der Waals surface area (Å²) in [6.07, 6.45) is -3.32. The van der Waals surface area contributed by atoms with E-state index in [0.717, 1.165) is 17.9 Å². The Hall–Kier alpha value is -3.07. The first-order chi connectivity index (χ1) is 15.8. The smallest absolute Gasteiger partial charge is 0.416 e. The van der Waals surface area contributed by atoms with Gasteiger partial charge in [-0.15, -0.1) is 0 Å². The second-order valence-electron chi connectivity index (χ2n) is 8.09. The molecule has 0 saturated heterocycles. The number of carbonyl (C=O) groups is 2. The second-order valence-corrected chi connectivity index (χ2v) is 8.09. The summed E-state index contributed by atoms with van der Waals surface area (Å²) in [5.41, 5.74) is -0.186. The summed E-state index contributed by atoms with van der Waals surface area (Å²) in [6.45, 7) is 0.391. The molecule has 0 spiro atoms. The number of alkyl halides is 3. The minimum absolute atomic E-state index is 0.0554. The zero-order valence-electron chi connectivity index (χ0n) is 18.2. The van der Waals surface area contributed by atoms with Crippen LogP contribution >= 0.6 is 0 Å². The monoisotopic (exact) mass is 464 g/mol. The molecule has 2 aromatic carbocycles. The van der Waals surface area contributed by atoms with Crippen molar-refractivity contribution in [2.75, 3.05) is 20.3 Å². The molecule has 1 aliphatic rings. The summed E-state index contributed by atoms with van der Waals surface area (Å²) < 4.78 is 48.9. The van der Waals surface area contributed by atoms with Gasteiger partial charge in [-0.3, -0.25) is 9.59 Å². The Morgan fingerprint density at radius 2 is 1.73 bits per heavy atom. The van der Waals surface area contributed by atoms with Crippen LogP contribution in [0.4, 0.5) is 13.2 Å². The van der Waals surface area contributed by atoms with Gasteiger partial charge in [0.05, 0.1) is 18.1 Å². The van der Waals surface area contributed by atoms with Crippen molar-refractivity contribution in [3.63, 3.8) is 0 Å². The fraction of sp³-hybridized carbons (Fsp3) is 0.417. The number of halogens is 3. The number of rotatable bonds is 9. The zero-order chi connectivity index (χ0) is 23.8. The highest BCUT2D eigenvalue weighted by molar-refractivity contribution is 5.82. The van der Waals surface area contributed by atoms with Crippen LogP contribution in [0.1, 0.15) is 24.0 Å². The van der Waals surface area contributed by atoms with Gasteiger partial charge in [0.2, 0.25) is 11.8 Å². The second kappa shape index (κ2) is 11.2. The van der Waals surface area contributed by atoms with Crippen LogP contribution in [0.5, 0.6) is 5.75 Å². The molecule has 2 aromatic rings. The predicted molar refractivity (Wildman–Crippen MR) is 115 cm³/mol. The molecule has 9 heteroatoms. The number of methoxy groups -OCH3 is 1. The van der Waals surface area contributed by atoms with Gasteiger partial charge in [-0.05, 0) is 48.6 Å². The molecule has 3 rings (SSSR count). The van der Waals surface area contributed by atoms with Gasteiger partial charge in [-0.1, -0.05) is 30.3 Å². The van der Waals surface area contributed by atoms with Crippen LogP contribution < -0.4 is 15.4 Å². The number of hydrogen-bond donors (Lipinski definition) is 2. The van der Waals surface area contributed by atoms with Gasteiger partial charge in [0.15, 0.2) is 0 Å². The van der Waals surface area contributed by atoms with E-state index in [1.54, 1.807) is 0 Å². The quantitative estimate of drug-likeness (QED) is 0.595. The molecule has 1 saturated carbocycles. The average Bonchev–Trinajstić information content (AvgIpc) is 3.19. The third-order valence-electron chi connectivity index (χ3n) is 5.60. The molecule has 3 atom stereocenters. The number of carbonyl (C=O) groups excluding carboxylic acids is 2. The van der Waals surface area contributed by atoms with Gasteiger partial charge in [-0.2, -0.15) is 13.2 Å². The molecule has 0 aromatic heterocycles. The molecule has 2 amide bonds. The van der Waals surface area contributed by atoms with Gasteiger partial charge in [0, 0.05) is 19.7 Å². The van der Waals surface area contributed by atoms with E-state index in [1.807, 2.05) is 30.3 Å². The lowest BCUT2D eigenvalue weighted by molar-refractivity contribution is -0.137. The summed E-state index contributed by atoms with van der Waals surface area (Å²) in [6, 6.07) is 13.6. The van der Waals surface area contributed by atoms with Crippen LogP contribution in [0.2, 0.25) is 0 Å². The summed E-state index contributed by atoms with van der Waals surface area (Å²) in [5, 5.41) is 5.64. The molecule has 0 bridgehead atoms. The predicted octanol–water partition coefficient (Wildman–Crippen LogP) is 3.56. The average molecular weight is 464 g/mol. The molecule has 0 radical (unpaired) electrons. The summed E-state index contributed by atoms with van der Waals surface area (Å²) >= 11 is 0. The van der Waals surface area contributed by atoms with Crippen LogP contribution in [-0.4, -0.2) is 38.2 Å². The number of nitrogens with one attached hydrogen (secondary N) is 2. The van der Waals surface area contributed by atoms with E-state index in [4.69, 9.17) is 9.47 Å². The van der Waals surface area contributed by atoms with Crippen molar-refractivity contribution >= 4 is 11.8 Å². The highest BCUT2D eigenvalue weighted by Gasteiger charge is 2.39. The first-order valence-electron chi connectivity index (χ1n) is 10.7. The first-order valence-corrected chi connectivity index (χ1v) is 10.7. The Bertz CT molecular complexity index is 920. The van der Waals surface area contributed by atoms with E-state index < -0.39 is 17.7 Å². The van der Waals surface area contributed by atoms with Crippen LogP contribution in [0.25, 0.3) is 0 Å². The van der Waals surface area contributed by atoms with Gasteiger partial charge in [0.1, 0.15) is 12.4 Å². The zero-order valence-corrected chi connectivity index (χ0v) is 18.2. The standard InChI is InChI=1S/C24H27F3N2O4/c1-32-15-22(30)29-21-12-17(14-33-19-5-3-2-4-6-19)11-20(21)23(31)28-13-16-7-9-18(10-8-16)24(25,26)27/h2-10,17,20-21H,11-15H2,1H3,(H,28,31)(H,29,30)/t17-,20-,21-/m1/s1. The maximum absolute atomic E-state index is 12.9. The van der Waals surface area contributed by atoms with E-state index in [-0.39, 0.29) is 36.9 Å². The lowest BCUT2D eigenvalue weighted by Crippen LogP contribution is -2.44. The van der Waals surface area contributed by atoms with E-state index in [9.17, 15) is 22.8 Å². The third-order valence-corrected chi connectivity index (χ3v) is 5.60. The molecule has 0 heterocycles. The van der Waals surface area contributed by atoms with Gasteiger partial charge < -0.3 is 20.1 Å². The Balaban J connectivity index is 1.59. The molecule has 33 heavy (non-hydrogen) atoms. The van der Waals surface area contributed by atoms with Crippen molar-refractivity contribution in [3.8, 4) is 5.75 Å². The van der Waals surface area contributed by atoms with Crippen molar-refractivity contribution in [1.82, 2.24) is 10.6 Å². The molecule has 0 aliphatic heterocycles.